The van der Waals surface area contributed by atoms with Crippen molar-refractivity contribution in [3.63, 3.8) is 0 Å². The number of carbonyl (C=O) groups is 3. The van der Waals surface area contributed by atoms with E-state index in [9.17, 15) is 14.4 Å². The predicted molar refractivity (Wildman–Crippen MR) is 52.8 cm³/mol. The maximum absolute atomic E-state index is 11.6. The molecule has 0 heterocycles. The topological polar surface area (TPSA) is 101 Å². The van der Waals surface area contributed by atoms with Crippen molar-refractivity contribution in [3.05, 3.63) is 0 Å². The van der Waals surface area contributed by atoms with Crippen LogP contribution in [0.2, 0.25) is 0 Å². The summed E-state index contributed by atoms with van der Waals surface area (Å²) < 4.78 is 0. The Morgan fingerprint density at radius 3 is 2.00 bits per heavy atom. The fourth-order valence-electron chi connectivity index (χ4n) is 1.04. The predicted octanol–water partition coefficient (Wildman–Crippen LogP) is -0.571. The lowest BCUT2D eigenvalue weighted by molar-refractivity contribution is -0.152. The number of hydrogen-bond donors (Lipinski definition) is 2. The molecular weight excluding hydrogens is 200 g/mol. The summed E-state index contributed by atoms with van der Waals surface area (Å²) in [4.78, 5) is 34.0. The van der Waals surface area contributed by atoms with E-state index in [1.165, 1.54) is 6.92 Å². The van der Waals surface area contributed by atoms with Crippen molar-refractivity contribution < 1.29 is 19.5 Å². The lowest BCUT2D eigenvalue weighted by atomic mass is 10.1. The lowest BCUT2D eigenvalue weighted by Gasteiger charge is -2.26. The Balaban J connectivity index is 4.70. The Morgan fingerprint density at radius 2 is 1.73 bits per heavy atom. The van der Waals surface area contributed by atoms with Gasteiger partial charge in [0.2, 0.25) is 11.8 Å². The van der Waals surface area contributed by atoms with Gasteiger partial charge in [-0.15, -0.1) is 0 Å². The largest absolute Gasteiger partial charge is 0.481 e. The van der Waals surface area contributed by atoms with Gasteiger partial charge < -0.3 is 15.7 Å². The summed E-state index contributed by atoms with van der Waals surface area (Å²) in [6.45, 7) is 4.40. The SMILES string of the molecule is CC(C(=O)O)C(=O)N(CC(N)=O)C(C)C. The normalized spacial score (nSPS) is 12.3. The molecule has 1 atom stereocenters. The van der Waals surface area contributed by atoms with E-state index < -0.39 is 23.7 Å². The Bertz CT molecular complexity index is 275. The Kier molecular flexibility index (Phi) is 4.77. The van der Waals surface area contributed by atoms with Gasteiger partial charge in [0.25, 0.3) is 0 Å². The summed E-state index contributed by atoms with van der Waals surface area (Å²) in [6.07, 6.45) is 0. The summed E-state index contributed by atoms with van der Waals surface area (Å²) >= 11 is 0. The van der Waals surface area contributed by atoms with Gasteiger partial charge >= 0.3 is 5.97 Å². The lowest BCUT2D eigenvalue weighted by Crippen LogP contribution is -2.46. The molecule has 0 aliphatic heterocycles. The van der Waals surface area contributed by atoms with Crippen LogP contribution in [0.3, 0.4) is 0 Å². The molecule has 0 aromatic carbocycles. The second-order valence-electron chi connectivity index (χ2n) is 3.59. The Morgan fingerprint density at radius 1 is 1.27 bits per heavy atom. The molecule has 86 valence electrons. The molecule has 0 aliphatic carbocycles. The van der Waals surface area contributed by atoms with Gasteiger partial charge in [-0.25, -0.2) is 0 Å². The molecule has 0 bridgehead atoms. The summed E-state index contributed by atoms with van der Waals surface area (Å²) in [6, 6.07) is -0.258. The number of nitrogens with two attached hydrogens (primary N) is 1. The third-order valence-corrected chi connectivity index (χ3v) is 1.97. The Hall–Kier alpha value is -1.59. The molecule has 6 nitrogen and oxygen atoms in total. The highest BCUT2D eigenvalue weighted by atomic mass is 16.4. The minimum absolute atomic E-state index is 0.256. The van der Waals surface area contributed by atoms with E-state index in [1.807, 2.05) is 0 Å². The molecule has 0 aromatic rings. The van der Waals surface area contributed by atoms with Crippen molar-refractivity contribution in [2.75, 3.05) is 6.54 Å². The molecule has 3 N–H and O–H groups in total. The van der Waals surface area contributed by atoms with Crippen LogP contribution >= 0.6 is 0 Å². The van der Waals surface area contributed by atoms with E-state index in [1.54, 1.807) is 13.8 Å². The summed E-state index contributed by atoms with van der Waals surface area (Å²) in [5.74, 6) is -3.63. The minimum Gasteiger partial charge on any atom is -0.481 e. The van der Waals surface area contributed by atoms with Crippen LogP contribution in [0.5, 0.6) is 0 Å². The number of carboxylic acid groups (broad SMARTS) is 1. The molecule has 0 fully saturated rings. The molecular formula is C9H16N2O4. The van der Waals surface area contributed by atoms with Crippen molar-refractivity contribution in [2.24, 2.45) is 11.7 Å². The van der Waals surface area contributed by atoms with Gasteiger partial charge in [0.1, 0.15) is 5.92 Å². The van der Waals surface area contributed by atoms with E-state index >= 15 is 0 Å². The van der Waals surface area contributed by atoms with Gasteiger partial charge in [-0.3, -0.25) is 14.4 Å². The first kappa shape index (κ1) is 13.4. The zero-order valence-corrected chi connectivity index (χ0v) is 9.06. The van der Waals surface area contributed by atoms with Crippen LogP contribution in [0.15, 0.2) is 0 Å². The van der Waals surface area contributed by atoms with Gasteiger partial charge in [-0.1, -0.05) is 0 Å². The average molecular weight is 216 g/mol. The number of primary amides is 1. The van der Waals surface area contributed by atoms with E-state index in [0.717, 1.165) is 4.90 Å². The molecule has 0 aliphatic rings. The smallest absolute Gasteiger partial charge is 0.315 e. The monoisotopic (exact) mass is 216 g/mol. The van der Waals surface area contributed by atoms with E-state index in [-0.39, 0.29) is 12.6 Å². The number of carboxylic acids is 1. The highest BCUT2D eigenvalue weighted by Gasteiger charge is 2.28. The fraction of sp³-hybridized carbons (Fsp3) is 0.667. The first-order valence-electron chi connectivity index (χ1n) is 4.59. The van der Waals surface area contributed by atoms with Gasteiger partial charge in [0, 0.05) is 6.04 Å². The van der Waals surface area contributed by atoms with E-state index in [0.29, 0.717) is 0 Å². The summed E-state index contributed by atoms with van der Waals surface area (Å²) in [7, 11) is 0. The number of nitrogens with zero attached hydrogens (tertiary/aromatic N) is 1. The van der Waals surface area contributed by atoms with Gasteiger partial charge in [-0.05, 0) is 20.8 Å². The molecule has 0 aromatic heterocycles. The van der Waals surface area contributed by atoms with Crippen LogP contribution < -0.4 is 5.73 Å². The van der Waals surface area contributed by atoms with Crippen molar-refractivity contribution in [1.29, 1.82) is 0 Å². The zero-order chi connectivity index (χ0) is 12.2. The van der Waals surface area contributed by atoms with Crippen molar-refractivity contribution in [2.45, 2.75) is 26.8 Å². The molecule has 15 heavy (non-hydrogen) atoms. The van der Waals surface area contributed by atoms with Crippen LogP contribution in [-0.2, 0) is 14.4 Å². The molecule has 1 unspecified atom stereocenters. The molecule has 0 rings (SSSR count). The average Bonchev–Trinajstić information content (AvgIpc) is 2.10. The fourth-order valence-corrected chi connectivity index (χ4v) is 1.04. The van der Waals surface area contributed by atoms with Crippen LogP contribution in [0.4, 0.5) is 0 Å². The molecule has 0 saturated heterocycles. The third-order valence-electron chi connectivity index (χ3n) is 1.97. The van der Waals surface area contributed by atoms with Gasteiger partial charge in [-0.2, -0.15) is 0 Å². The van der Waals surface area contributed by atoms with Crippen molar-refractivity contribution in [3.8, 4) is 0 Å². The maximum atomic E-state index is 11.6. The standard InChI is InChI=1S/C9H16N2O4/c1-5(2)11(4-7(10)12)8(13)6(3)9(14)15/h5-6H,4H2,1-3H3,(H2,10,12)(H,14,15). The molecule has 0 radical (unpaired) electrons. The van der Waals surface area contributed by atoms with E-state index in [2.05, 4.69) is 0 Å². The summed E-state index contributed by atoms with van der Waals surface area (Å²) in [5.41, 5.74) is 4.96. The Labute approximate surface area is 88.0 Å². The van der Waals surface area contributed by atoms with Crippen LogP contribution in [0.1, 0.15) is 20.8 Å². The first-order chi connectivity index (χ1) is 6.77. The molecule has 6 heteroatoms. The van der Waals surface area contributed by atoms with Crippen LogP contribution in [-0.4, -0.2) is 40.4 Å². The second kappa shape index (κ2) is 5.33. The number of hydrogen-bond acceptors (Lipinski definition) is 3. The van der Waals surface area contributed by atoms with Gasteiger partial charge in [0.05, 0.1) is 6.54 Å². The van der Waals surface area contributed by atoms with Gasteiger partial charge in [0.15, 0.2) is 0 Å². The zero-order valence-electron chi connectivity index (χ0n) is 9.06. The highest BCUT2D eigenvalue weighted by molar-refractivity contribution is 5.97. The van der Waals surface area contributed by atoms with Crippen molar-refractivity contribution >= 4 is 17.8 Å². The summed E-state index contributed by atoms with van der Waals surface area (Å²) in [5, 5.41) is 8.65. The first-order valence-corrected chi connectivity index (χ1v) is 4.59. The van der Waals surface area contributed by atoms with Crippen LogP contribution in [0, 0.1) is 5.92 Å². The number of rotatable bonds is 5. The molecule has 2 amide bonds. The van der Waals surface area contributed by atoms with Crippen LogP contribution in [0.25, 0.3) is 0 Å². The highest BCUT2D eigenvalue weighted by Crippen LogP contribution is 2.06. The molecule has 0 saturated carbocycles. The number of carbonyl (C=O) groups excluding carboxylic acids is 2. The number of amides is 2. The maximum Gasteiger partial charge on any atom is 0.315 e. The number of aliphatic carboxylic acids is 1. The molecule has 0 spiro atoms. The second-order valence-corrected chi connectivity index (χ2v) is 3.59. The van der Waals surface area contributed by atoms with E-state index in [4.69, 9.17) is 10.8 Å². The van der Waals surface area contributed by atoms with Crippen molar-refractivity contribution in [1.82, 2.24) is 4.90 Å². The third kappa shape index (κ3) is 3.97. The quantitative estimate of drug-likeness (QED) is 0.601. The minimum atomic E-state index is -1.21.